The van der Waals surface area contributed by atoms with Crippen LogP contribution in [-0.4, -0.2) is 49.6 Å². The molecule has 0 saturated carbocycles. The van der Waals surface area contributed by atoms with E-state index in [1.54, 1.807) is 18.3 Å². The number of nitrogens with one attached hydrogen (secondary N) is 1. The number of aryl methyl sites for hydroxylation is 1. The van der Waals surface area contributed by atoms with Gasteiger partial charge in [0.1, 0.15) is 4.60 Å². The van der Waals surface area contributed by atoms with E-state index < -0.39 is 17.0 Å². The third-order valence-corrected chi connectivity index (χ3v) is 9.62. The van der Waals surface area contributed by atoms with Crippen molar-refractivity contribution in [2.45, 2.75) is 64.7 Å². The monoisotopic (exact) mass is 555 g/mol. The van der Waals surface area contributed by atoms with Gasteiger partial charge >= 0.3 is 5.97 Å². The summed E-state index contributed by atoms with van der Waals surface area (Å²) in [5.74, 6) is 0.103. The molecular formula is C22H30BrN5O3S2. The van der Waals surface area contributed by atoms with Gasteiger partial charge in [-0.15, -0.1) is 11.3 Å². The number of carbonyl (C=O) groups is 1. The number of carbonyl (C=O) groups excluding carboxylic acids is 1. The molecule has 2 aliphatic rings. The van der Waals surface area contributed by atoms with Gasteiger partial charge in [-0.2, -0.15) is 0 Å². The normalized spacial score (nSPS) is 20.7. The third-order valence-electron chi connectivity index (χ3n) is 6.37. The summed E-state index contributed by atoms with van der Waals surface area (Å²) < 4.78 is 21.9. The first-order chi connectivity index (χ1) is 15.6. The average molecular weight is 557 g/mol. The van der Waals surface area contributed by atoms with E-state index in [-0.39, 0.29) is 28.5 Å². The van der Waals surface area contributed by atoms with Crippen LogP contribution in [0, 0.1) is 12.3 Å². The number of aromatic nitrogens is 3. The van der Waals surface area contributed by atoms with Gasteiger partial charge in [0.05, 0.1) is 45.3 Å². The van der Waals surface area contributed by atoms with Crippen molar-refractivity contribution in [3.05, 3.63) is 32.1 Å². The average Bonchev–Trinajstić information content (AvgIpc) is 3.30. The van der Waals surface area contributed by atoms with Crippen LogP contribution in [0.4, 0.5) is 5.82 Å². The number of thiazole rings is 1. The molecule has 1 aliphatic carbocycles. The van der Waals surface area contributed by atoms with Crippen molar-refractivity contribution >= 4 is 50.0 Å². The molecule has 8 nitrogen and oxygen atoms in total. The number of hydrogen-bond donors (Lipinski definition) is 1. The molecule has 0 radical (unpaired) electrons. The van der Waals surface area contributed by atoms with Crippen LogP contribution in [0.3, 0.4) is 0 Å². The van der Waals surface area contributed by atoms with Gasteiger partial charge in [-0.1, -0.05) is 0 Å². The topological polar surface area (TPSA) is 97.3 Å². The van der Waals surface area contributed by atoms with Gasteiger partial charge in [0, 0.05) is 23.4 Å². The molecule has 4 rings (SSSR count). The van der Waals surface area contributed by atoms with E-state index in [9.17, 15) is 9.00 Å². The molecule has 1 saturated heterocycles. The molecule has 11 heteroatoms. The maximum atomic E-state index is 13.0. The summed E-state index contributed by atoms with van der Waals surface area (Å²) in [5.41, 5.74) is 3.90. The highest BCUT2D eigenvalue weighted by Gasteiger charge is 2.50. The van der Waals surface area contributed by atoms with Gasteiger partial charge in [-0.25, -0.2) is 28.7 Å². The number of esters is 1. The minimum Gasteiger partial charge on any atom is -0.461 e. The molecule has 1 spiro atoms. The standard InChI is InChI=1S/C22H30BrN5O3S2/c1-6-31-20(29)15-19(25-13(2)18(23)26-15)28-9-7-22(8-10-28)11-14-16(32-12-24-14)17(22)27-33(30)21(3,4)5/h12,17,27H,6-11H2,1-5H3/t17-,33-/m1/s1. The van der Waals surface area contributed by atoms with E-state index in [2.05, 4.69) is 40.5 Å². The number of hydrogen-bond acceptors (Lipinski definition) is 8. The van der Waals surface area contributed by atoms with Crippen LogP contribution in [0.25, 0.3) is 0 Å². The number of rotatable bonds is 5. The lowest BCUT2D eigenvalue weighted by Crippen LogP contribution is -2.48. The number of piperidine rings is 1. The SMILES string of the molecule is CCOC(=O)c1nc(Br)c(C)nc1N1CCC2(CC1)Cc1ncsc1[C@H]2N[S@](=O)C(C)(C)C. The summed E-state index contributed by atoms with van der Waals surface area (Å²) in [4.78, 5) is 29.6. The van der Waals surface area contributed by atoms with Gasteiger partial charge in [0.2, 0.25) is 0 Å². The fraction of sp³-hybridized carbons (Fsp3) is 0.636. The highest BCUT2D eigenvalue weighted by atomic mass is 79.9. The van der Waals surface area contributed by atoms with Crippen molar-refractivity contribution < 1.29 is 13.7 Å². The van der Waals surface area contributed by atoms with Gasteiger partial charge in [0.25, 0.3) is 0 Å². The predicted molar refractivity (Wildman–Crippen MR) is 134 cm³/mol. The highest BCUT2D eigenvalue weighted by molar-refractivity contribution is 9.10. The second-order valence-electron chi connectivity index (χ2n) is 9.61. The second kappa shape index (κ2) is 9.31. The van der Waals surface area contributed by atoms with Crippen LogP contribution in [0.2, 0.25) is 0 Å². The lowest BCUT2D eigenvalue weighted by molar-refractivity contribution is 0.0519. The van der Waals surface area contributed by atoms with Crippen LogP contribution < -0.4 is 9.62 Å². The van der Waals surface area contributed by atoms with Crippen molar-refractivity contribution in [3.8, 4) is 0 Å². The molecule has 1 N–H and O–H groups in total. The molecular weight excluding hydrogens is 526 g/mol. The largest absolute Gasteiger partial charge is 0.461 e. The molecule has 3 heterocycles. The van der Waals surface area contributed by atoms with Crippen molar-refractivity contribution in [2.24, 2.45) is 5.41 Å². The number of fused-ring (bicyclic) bond motifs is 1. The molecule has 2 aromatic rings. The summed E-state index contributed by atoms with van der Waals surface area (Å²) in [7, 11) is -1.18. The maximum Gasteiger partial charge on any atom is 0.360 e. The quantitative estimate of drug-likeness (QED) is 0.554. The molecule has 2 aromatic heterocycles. The number of nitrogens with zero attached hydrogens (tertiary/aromatic N) is 4. The molecule has 180 valence electrons. The Balaban J connectivity index is 1.59. The van der Waals surface area contributed by atoms with Gasteiger partial charge < -0.3 is 9.64 Å². The van der Waals surface area contributed by atoms with Gasteiger partial charge in [0.15, 0.2) is 11.5 Å². The maximum absolute atomic E-state index is 13.0. The second-order valence-corrected chi connectivity index (χ2v) is 13.2. The first-order valence-corrected chi connectivity index (χ1v) is 13.9. The summed E-state index contributed by atoms with van der Waals surface area (Å²) >= 11 is 5.03. The predicted octanol–water partition coefficient (Wildman–Crippen LogP) is 4.12. The first kappa shape index (κ1) is 24.7. The minimum atomic E-state index is -1.18. The summed E-state index contributed by atoms with van der Waals surface area (Å²) in [6.45, 7) is 11.3. The Morgan fingerprint density at radius 3 is 2.70 bits per heavy atom. The number of ether oxygens (including phenoxy) is 1. The molecule has 0 aromatic carbocycles. The van der Waals surface area contributed by atoms with E-state index in [1.165, 1.54) is 4.88 Å². The van der Waals surface area contributed by atoms with E-state index in [0.29, 0.717) is 10.4 Å². The molecule has 2 atom stereocenters. The Kier molecular flexibility index (Phi) is 6.97. The van der Waals surface area contributed by atoms with Crippen LogP contribution in [-0.2, 0) is 22.1 Å². The molecule has 1 fully saturated rings. The van der Waals surface area contributed by atoms with Crippen LogP contribution >= 0.6 is 27.3 Å². The Hall–Kier alpha value is -1.43. The van der Waals surface area contributed by atoms with Crippen molar-refractivity contribution in [2.75, 3.05) is 24.6 Å². The Morgan fingerprint density at radius 2 is 2.06 bits per heavy atom. The molecule has 0 amide bonds. The lowest BCUT2D eigenvalue weighted by Gasteiger charge is -2.44. The molecule has 0 unspecified atom stereocenters. The van der Waals surface area contributed by atoms with E-state index in [0.717, 1.165) is 43.7 Å². The highest BCUT2D eigenvalue weighted by Crippen LogP contribution is 2.53. The van der Waals surface area contributed by atoms with E-state index in [4.69, 9.17) is 4.74 Å². The fourth-order valence-electron chi connectivity index (χ4n) is 4.49. The Morgan fingerprint density at radius 1 is 1.36 bits per heavy atom. The zero-order chi connectivity index (χ0) is 24.0. The smallest absolute Gasteiger partial charge is 0.360 e. The van der Waals surface area contributed by atoms with Gasteiger partial charge in [-0.05, 0) is 69.8 Å². The van der Waals surface area contributed by atoms with E-state index in [1.807, 2.05) is 33.2 Å². The molecule has 33 heavy (non-hydrogen) atoms. The lowest BCUT2D eigenvalue weighted by atomic mass is 9.74. The minimum absolute atomic E-state index is 0.00414. The third kappa shape index (κ3) is 4.74. The number of anilines is 1. The van der Waals surface area contributed by atoms with Crippen molar-refractivity contribution in [3.63, 3.8) is 0 Å². The molecule has 1 aliphatic heterocycles. The molecule has 0 bridgehead atoms. The Labute approximate surface area is 209 Å². The number of halogens is 1. The Bertz CT molecular complexity index is 1080. The summed E-state index contributed by atoms with van der Waals surface area (Å²) in [6, 6.07) is 0.00414. The van der Waals surface area contributed by atoms with Crippen LogP contribution in [0.1, 0.15) is 73.3 Å². The zero-order valence-corrected chi connectivity index (χ0v) is 22.8. The van der Waals surface area contributed by atoms with Crippen molar-refractivity contribution in [1.82, 2.24) is 19.7 Å². The fourth-order valence-corrected chi connectivity index (χ4v) is 6.77. The zero-order valence-electron chi connectivity index (χ0n) is 19.6. The summed E-state index contributed by atoms with van der Waals surface area (Å²) in [6.07, 6.45) is 2.61. The van der Waals surface area contributed by atoms with Crippen molar-refractivity contribution in [1.29, 1.82) is 0 Å². The van der Waals surface area contributed by atoms with Crippen LogP contribution in [0.15, 0.2) is 10.1 Å². The van der Waals surface area contributed by atoms with Gasteiger partial charge in [-0.3, -0.25) is 0 Å². The first-order valence-electron chi connectivity index (χ1n) is 11.1. The van der Waals surface area contributed by atoms with E-state index >= 15 is 0 Å². The summed E-state index contributed by atoms with van der Waals surface area (Å²) in [5, 5.41) is 0. The van der Waals surface area contributed by atoms with Crippen LogP contribution in [0.5, 0.6) is 0 Å².